The molecule has 0 radical (unpaired) electrons. The summed E-state index contributed by atoms with van der Waals surface area (Å²) < 4.78 is 0. The largest absolute Gasteiger partial charge is 0.370 e. The van der Waals surface area contributed by atoms with E-state index in [1.165, 1.54) is 4.88 Å². The van der Waals surface area contributed by atoms with Crippen LogP contribution in [0.5, 0.6) is 0 Å². The molecule has 3 N–H and O–H groups in total. The van der Waals surface area contributed by atoms with Crippen LogP contribution >= 0.6 is 35.3 Å². The number of nitrogens with one attached hydrogen (secondary N) is 1. The highest BCUT2D eigenvalue weighted by Gasteiger charge is 2.09. The molecular weight excluding hydrogens is 357 g/mol. The summed E-state index contributed by atoms with van der Waals surface area (Å²) in [5, 5.41) is 5.10. The minimum atomic E-state index is -0.0551. The van der Waals surface area contributed by atoms with Crippen LogP contribution in [0.25, 0.3) is 0 Å². The molecule has 1 atom stereocenters. The van der Waals surface area contributed by atoms with E-state index in [2.05, 4.69) is 41.5 Å². The van der Waals surface area contributed by atoms with Crippen molar-refractivity contribution in [2.45, 2.75) is 26.3 Å². The fraction of sp³-hybridized carbons (Fsp3) is 0.462. The van der Waals surface area contributed by atoms with Gasteiger partial charge in [0.1, 0.15) is 0 Å². The minimum absolute atomic E-state index is 0. The molecule has 0 aromatic carbocycles. The second-order valence-corrected chi connectivity index (χ2v) is 5.16. The predicted octanol–water partition coefficient (Wildman–Crippen LogP) is 2.47. The van der Waals surface area contributed by atoms with Crippen LogP contribution in [-0.2, 0) is 6.42 Å². The molecule has 3 nitrogen and oxygen atoms in total. The molecule has 18 heavy (non-hydrogen) atoms. The molecule has 0 aliphatic heterocycles. The van der Waals surface area contributed by atoms with Crippen LogP contribution in [0.1, 0.15) is 18.7 Å². The summed E-state index contributed by atoms with van der Waals surface area (Å²) in [7, 11) is 0. The maximum atomic E-state index is 5.77. The van der Waals surface area contributed by atoms with Crippen LogP contribution < -0.4 is 11.1 Å². The van der Waals surface area contributed by atoms with Crippen molar-refractivity contribution in [1.29, 1.82) is 0 Å². The maximum absolute atomic E-state index is 5.77. The molecule has 100 valence electrons. The molecule has 1 heterocycles. The third-order valence-electron chi connectivity index (χ3n) is 2.37. The smallest absolute Gasteiger partial charge is 0.189 e. The fourth-order valence-corrected chi connectivity index (χ4v) is 2.05. The third-order valence-corrected chi connectivity index (χ3v) is 3.31. The summed E-state index contributed by atoms with van der Waals surface area (Å²) in [6.07, 6.45) is 6.33. The van der Waals surface area contributed by atoms with Crippen LogP contribution in [0, 0.1) is 18.3 Å². The fourth-order valence-electron chi connectivity index (χ4n) is 1.35. The van der Waals surface area contributed by atoms with Crippen LogP contribution in [0.3, 0.4) is 0 Å². The Kier molecular flexibility index (Phi) is 8.85. The number of nitrogens with two attached hydrogens (primary N) is 1. The number of thiophene rings is 1. The van der Waals surface area contributed by atoms with Crippen molar-refractivity contribution in [3.63, 3.8) is 0 Å². The molecule has 1 aromatic rings. The van der Waals surface area contributed by atoms with Gasteiger partial charge in [-0.2, -0.15) is 0 Å². The first-order valence-corrected chi connectivity index (χ1v) is 6.56. The van der Waals surface area contributed by atoms with Crippen molar-refractivity contribution in [3.8, 4) is 12.3 Å². The van der Waals surface area contributed by atoms with E-state index in [1.54, 1.807) is 11.3 Å². The van der Waals surface area contributed by atoms with Gasteiger partial charge >= 0.3 is 0 Å². The summed E-state index contributed by atoms with van der Waals surface area (Å²) in [4.78, 5) is 5.58. The zero-order valence-corrected chi connectivity index (χ0v) is 13.9. The van der Waals surface area contributed by atoms with E-state index >= 15 is 0 Å². The van der Waals surface area contributed by atoms with Gasteiger partial charge in [-0.1, -0.05) is 25.8 Å². The number of terminal acetylenes is 1. The quantitative estimate of drug-likeness (QED) is 0.359. The number of hydrogen-bond donors (Lipinski definition) is 2. The lowest BCUT2D eigenvalue weighted by Gasteiger charge is -2.16. The molecule has 0 amide bonds. The number of hydrogen-bond acceptors (Lipinski definition) is 2. The second kappa shape index (κ2) is 9.22. The van der Waals surface area contributed by atoms with Crippen molar-refractivity contribution in [1.82, 2.24) is 5.32 Å². The van der Waals surface area contributed by atoms with Gasteiger partial charge in [0.05, 0.1) is 6.04 Å². The van der Waals surface area contributed by atoms with Gasteiger partial charge in [0.2, 0.25) is 0 Å². The monoisotopic (exact) mass is 377 g/mol. The summed E-state index contributed by atoms with van der Waals surface area (Å²) in [6, 6.07) is 4.08. The maximum Gasteiger partial charge on any atom is 0.189 e. The molecule has 0 bridgehead atoms. The first-order chi connectivity index (χ1) is 8.13. The Hall–Kier alpha value is -0.740. The molecule has 1 aromatic heterocycles. The molecule has 0 aliphatic rings. The number of guanidine groups is 1. The molecule has 0 saturated heterocycles. The Morgan fingerprint density at radius 1 is 1.61 bits per heavy atom. The lowest BCUT2D eigenvalue weighted by molar-refractivity contribution is 0.540. The van der Waals surface area contributed by atoms with Gasteiger partial charge < -0.3 is 11.1 Å². The summed E-state index contributed by atoms with van der Waals surface area (Å²) in [5.74, 6) is 3.43. The van der Waals surface area contributed by atoms with E-state index in [0.717, 1.165) is 6.42 Å². The van der Waals surface area contributed by atoms with E-state index in [4.69, 9.17) is 12.2 Å². The molecule has 1 rings (SSSR count). The average Bonchev–Trinajstić information content (AvgIpc) is 2.78. The average molecular weight is 377 g/mol. The van der Waals surface area contributed by atoms with E-state index in [9.17, 15) is 0 Å². The Morgan fingerprint density at radius 3 is 2.83 bits per heavy atom. The zero-order valence-electron chi connectivity index (χ0n) is 10.7. The van der Waals surface area contributed by atoms with Crippen LogP contribution in [0.15, 0.2) is 22.5 Å². The van der Waals surface area contributed by atoms with E-state index in [1.807, 2.05) is 6.07 Å². The van der Waals surface area contributed by atoms with Gasteiger partial charge in [-0.25, -0.2) is 0 Å². The number of aliphatic imine (C=N–C) groups is 1. The Labute approximate surface area is 130 Å². The van der Waals surface area contributed by atoms with Gasteiger partial charge in [0.15, 0.2) is 5.96 Å². The zero-order chi connectivity index (χ0) is 12.7. The lowest BCUT2D eigenvalue weighted by Crippen LogP contribution is -2.42. The molecule has 1 unspecified atom stereocenters. The SMILES string of the molecule is C#CC(NC(N)=NCCc1cccs1)C(C)C.I. The van der Waals surface area contributed by atoms with Crippen LogP contribution in [-0.4, -0.2) is 18.5 Å². The van der Waals surface area contributed by atoms with Gasteiger partial charge in [0, 0.05) is 17.8 Å². The van der Waals surface area contributed by atoms with Gasteiger partial charge in [-0.15, -0.1) is 41.7 Å². The van der Waals surface area contributed by atoms with E-state index in [-0.39, 0.29) is 30.0 Å². The van der Waals surface area contributed by atoms with E-state index in [0.29, 0.717) is 18.4 Å². The minimum Gasteiger partial charge on any atom is -0.370 e. The van der Waals surface area contributed by atoms with Crippen molar-refractivity contribution < 1.29 is 0 Å². The van der Waals surface area contributed by atoms with Crippen molar-refractivity contribution in [2.75, 3.05) is 6.54 Å². The first kappa shape index (κ1) is 17.3. The second-order valence-electron chi connectivity index (χ2n) is 4.13. The highest BCUT2D eigenvalue weighted by molar-refractivity contribution is 14.0. The van der Waals surface area contributed by atoms with E-state index < -0.39 is 0 Å². The molecule has 0 saturated carbocycles. The molecule has 0 spiro atoms. The Bertz CT molecular complexity index is 393. The standard InChI is InChI=1S/C13H19N3S.HI/c1-4-12(10(2)3)16-13(14)15-8-7-11-6-5-9-17-11;/h1,5-6,9-10,12H,7-8H2,2-3H3,(H3,14,15,16);1H. The van der Waals surface area contributed by atoms with Crippen molar-refractivity contribution in [3.05, 3.63) is 22.4 Å². The van der Waals surface area contributed by atoms with Crippen molar-refractivity contribution >= 4 is 41.3 Å². The van der Waals surface area contributed by atoms with Gasteiger partial charge in [-0.05, 0) is 17.4 Å². The van der Waals surface area contributed by atoms with Crippen LogP contribution in [0.4, 0.5) is 0 Å². The topological polar surface area (TPSA) is 50.4 Å². The Morgan fingerprint density at radius 2 is 2.33 bits per heavy atom. The lowest BCUT2D eigenvalue weighted by atomic mass is 10.1. The van der Waals surface area contributed by atoms with Gasteiger partial charge in [-0.3, -0.25) is 4.99 Å². The number of halogens is 1. The number of rotatable bonds is 5. The highest BCUT2D eigenvalue weighted by atomic mass is 127. The summed E-state index contributed by atoms with van der Waals surface area (Å²) in [5.41, 5.74) is 5.77. The number of nitrogens with zero attached hydrogens (tertiary/aromatic N) is 1. The first-order valence-electron chi connectivity index (χ1n) is 5.68. The summed E-state index contributed by atoms with van der Waals surface area (Å²) >= 11 is 1.74. The molecule has 5 heteroatoms. The highest BCUT2D eigenvalue weighted by Crippen LogP contribution is 2.08. The molecule has 0 aliphatic carbocycles. The Balaban J connectivity index is 0.00000289. The van der Waals surface area contributed by atoms with Gasteiger partial charge in [0.25, 0.3) is 0 Å². The van der Waals surface area contributed by atoms with Crippen LogP contribution in [0.2, 0.25) is 0 Å². The summed E-state index contributed by atoms with van der Waals surface area (Å²) in [6.45, 7) is 4.79. The molecule has 0 fully saturated rings. The predicted molar refractivity (Wildman–Crippen MR) is 90.5 cm³/mol. The van der Waals surface area contributed by atoms with Crippen molar-refractivity contribution in [2.24, 2.45) is 16.6 Å². The molecular formula is C13H20IN3S. The third kappa shape index (κ3) is 6.26. The normalized spacial score (nSPS) is 12.7.